The van der Waals surface area contributed by atoms with Gasteiger partial charge in [0.05, 0.1) is 23.7 Å². The number of nitrogens with zero attached hydrogens (tertiary/aromatic N) is 3. The van der Waals surface area contributed by atoms with Gasteiger partial charge in [-0.2, -0.15) is 5.26 Å². The van der Waals surface area contributed by atoms with Gasteiger partial charge < -0.3 is 13.9 Å². The Morgan fingerprint density at radius 2 is 1.89 bits per heavy atom. The van der Waals surface area contributed by atoms with E-state index in [1.807, 2.05) is 45.3 Å². The van der Waals surface area contributed by atoms with Crippen molar-refractivity contribution in [1.29, 1.82) is 5.26 Å². The van der Waals surface area contributed by atoms with Crippen LogP contribution in [0.5, 0.6) is 5.75 Å². The number of aromatic nitrogens is 2. The smallest absolute Gasteiger partial charge is 0.147 e. The molecule has 0 unspecified atom stereocenters. The van der Waals surface area contributed by atoms with Gasteiger partial charge in [-0.1, -0.05) is 0 Å². The first-order valence-electron chi connectivity index (χ1n) is 8.74. The van der Waals surface area contributed by atoms with Crippen molar-refractivity contribution >= 4 is 21.8 Å². The average Bonchev–Trinajstić information content (AvgIpc) is 3.12. The third-order valence-electron chi connectivity index (χ3n) is 5.43. The molecule has 0 saturated carbocycles. The Balaban J connectivity index is 1.88. The summed E-state index contributed by atoms with van der Waals surface area (Å²) in [5.41, 5.74) is 4.70. The van der Waals surface area contributed by atoms with Gasteiger partial charge in [0.25, 0.3) is 0 Å². The minimum atomic E-state index is -0.296. The fourth-order valence-electron chi connectivity index (χ4n) is 3.81. The summed E-state index contributed by atoms with van der Waals surface area (Å²) >= 11 is 0. The van der Waals surface area contributed by atoms with E-state index < -0.39 is 0 Å². The zero-order valence-corrected chi connectivity index (χ0v) is 15.8. The number of fused-ring (bicyclic) bond motifs is 2. The largest absolute Gasteiger partial charge is 0.497 e. The van der Waals surface area contributed by atoms with Crippen molar-refractivity contribution in [1.82, 2.24) is 9.13 Å². The molecule has 0 aliphatic rings. The maximum Gasteiger partial charge on any atom is 0.147 e. The van der Waals surface area contributed by atoms with Crippen LogP contribution in [0.1, 0.15) is 22.5 Å². The van der Waals surface area contributed by atoms with E-state index in [-0.39, 0.29) is 5.82 Å². The van der Waals surface area contributed by atoms with Gasteiger partial charge in [-0.15, -0.1) is 0 Å². The van der Waals surface area contributed by atoms with Gasteiger partial charge in [-0.25, -0.2) is 4.39 Å². The van der Waals surface area contributed by atoms with Crippen LogP contribution in [-0.2, 0) is 20.5 Å². The van der Waals surface area contributed by atoms with E-state index in [1.54, 1.807) is 11.7 Å². The standard InChI is InChI=1S/C22H20FN3O/c1-13-7-18-19(12-24)15(10-20(23)22(18)25(13)2)9-16-8-14-5-6-17(27-4)11-21(14)26(16)3/h5-8,10-11H,9H2,1-4H3. The summed E-state index contributed by atoms with van der Waals surface area (Å²) in [6.45, 7) is 1.91. The van der Waals surface area contributed by atoms with E-state index in [9.17, 15) is 9.65 Å². The molecule has 4 aromatic rings. The second-order valence-corrected chi connectivity index (χ2v) is 6.91. The van der Waals surface area contributed by atoms with Crippen LogP contribution < -0.4 is 4.74 Å². The van der Waals surface area contributed by atoms with Crippen molar-refractivity contribution in [3.05, 3.63) is 64.7 Å². The Hall–Kier alpha value is -3.26. The van der Waals surface area contributed by atoms with Crippen molar-refractivity contribution in [2.24, 2.45) is 14.1 Å². The summed E-state index contributed by atoms with van der Waals surface area (Å²) in [5.74, 6) is 0.496. The number of rotatable bonds is 3. The van der Waals surface area contributed by atoms with Crippen LogP contribution in [-0.4, -0.2) is 16.2 Å². The van der Waals surface area contributed by atoms with E-state index >= 15 is 0 Å². The molecule has 0 spiro atoms. The van der Waals surface area contributed by atoms with Crippen molar-refractivity contribution in [3.8, 4) is 11.8 Å². The Kier molecular flexibility index (Phi) is 3.92. The molecule has 0 saturated heterocycles. The summed E-state index contributed by atoms with van der Waals surface area (Å²) in [4.78, 5) is 0. The van der Waals surface area contributed by atoms with E-state index in [0.717, 1.165) is 28.0 Å². The lowest BCUT2D eigenvalue weighted by Crippen LogP contribution is -2.02. The Morgan fingerprint density at radius 3 is 2.59 bits per heavy atom. The van der Waals surface area contributed by atoms with Gasteiger partial charge in [0.15, 0.2) is 0 Å². The first-order valence-corrected chi connectivity index (χ1v) is 8.74. The molecular weight excluding hydrogens is 341 g/mol. The van der Waals surface area contributed by atoms with E-state index in [2.05, 4.69) is 16.7 Å². The molecule has 27 heavy (non-hydrogen) atoms. The number of aryl methyl sites for hydroxylation is 3. The highest BCUT2D eigenvalue weighted by Crippen LogP contribution is 2.31. The average molecular weight is 361 g/mol. The summed E-state index contributed by atoms with van der Waals surface area (Å²) in [5, 5.41) is 11.5. The first kappa shape index (κ1) is 17.2. The number of ether oxygens (including phenoxy) is 1. The Labute approximate surface area is 157 Å². The molecule has 4 rings (SSSR count). The zero-order chi connectivity index (χ0) is 19.3. The molecule has 0 amide bonds. The molecule has 2 aromatic carbocycles. The molecule has 0 bridgehead atoms. The third-order valence-corrected chi connectivity index (χ3v) is 5.43. The zero-order valence-electron chi connectivity index (χ0n) is 15.8. The predicted molar refractivity (Wildman–Crippen MR) is 105 cm³/mol. The number of nitriles is 1. The number of halogens is 1. The van der Waals surface area contributed by atoms with Crippen LogP contribution in [0, 0.1) is 24.1 Å². The third kappa shape index (κ3) is 2.57. The molecular formula is C22H20FN3O. The molecule has 0 N–H and O–H groups in total. The Morgan fingerprint density at radius 1 is 1.11 bits per heavy atom. The summed E-state index contributed by atoms with van der Waals surface area (Å²) in [7, 11) is 5.44. The lowest BCUT2D eigenvalue weighted by Gasteiger charge is -2.09. The van der Waals surface area contributed by atoms with Crippen LogP contribution in [0.2, 0.25) is 0 Å². The molecule has 0 radical (unpaired) electrons. The maximum atomic E-state index is 14.8. The molecule has 4 nitrogen and oxygen atoms in total. The highest BCUT2D eigenvalue weighted by molar-refractivity contribution is 5.89. The van der Waals surface area contributed by atoms with E-state index in [1.165, 1.54) is 6.07 Å². The van der Waals surface area contributed by atoms with Crippen LogP contribution in [0.15, 0.2) is 36.4 Å². The van der Waals surface area contributed by atoms with Crippen LogP contribution in [0.3, 0.4) is 0 Å². The molecule has 0 fully saturated rings. The quantitative estimate of drug-likeness (QED) is 0.536. The van der Waals surface area contributed by atoms with E-state index in [4.69, 9.17) is 4.74 Å². The maximum absolute atomic E-state index is 14.8. The fourth-order valence-corrected chi connectivity index (χ4v) is 3.81. The summed E-state index contributed by atoms with van der Waals surface area (Å²) < 4.78 is 24.0. The van der Waals surface area contributed by atoms with Gasteiger partial charge in [0.1, 0.15) is 17.6 Å². The first-order chi connectivity index (χ1) is 12.9. The molecule has 0 aliphatic carbocycles. The number of benzene rings is 2. The summed E-state index contributed by atoms with van der Waals surface area (Å²) in [6, 6.07) is 13.7. The molecule has 5 heteroatoms. The molecule has 2 aromatic heterocycles. The Bertz CT molecular complexity index is 1240. The highest BCUT2D eigenvalue weighted by atomic mass is 19.1. The normalized spacial score (nSPS) is 11.3. The highest BCUT2D eigenvalue weighted by Gasteiger charge is 2.18. The lowest BCUT2D eigenvalue weighted by atomic mass is 9.99. The molecule has 136 valence electrons. The number of hydrogen-bond acceptors (Lipinski definition) is 2. The summed E-state index contributed by atoms with van der Waals surface area (Å²) in [6.07, 6.45) is 0.483. The van der Waals surface area contributed by atoms with Crippen molar-refractivity contribution in [2.75, 3.05) is 7.11 Å². The van der Waals surface area contributed by atoms with Crippen molar-refractivity contribution < 1.29 is 9.13 Å². The fraction of sp³-hybridized carbons (Fsp3) is 0.227. The molecule has 2 heterocycles. The predicted octanol–water partition coefficient (Wildman–Crippen LogP) is 4.59. The van der Waals surface area contributed by atoms with Crippen molar-refractivity contribution in [2.45, 2.75) is 13.3 Å². The minimum Gasteiger partial charge on any atom is -0.497 e. The number of methoxy groups -OCH3 is 1. The molecule has 0 atom stereocenters. The van der Waals surface area contributed by atoms with E-state index in [0.29, 0.717) is 28.5 Å². The van der Waals surface area contributed by atoms with Crippen molar-refractivity contribution in [3.63, 3.8) is 0 Å². The second-order valence-electron chi connectivity index (χ2n) is 6.91. The van der Waals surface area contributed by atoms with Crippen LogP contribution >= 0.6 is 0 Å². The SMILES string of the molecule is COc1ccc2cc(Cc3cc(F)c4c(cc(C)n4C)c3C#N)n(C)c2c1. The molecule has 0 aliphatic heterocycles. The van der Waals surface area contributed by atoms with Crippen LogP contribution in [0.4, 0.5) is 4.39 Å². The van der Waals surface area contributed by atoms with Gasteiger partial charge >= 0.3 is 0 Å². The monoisotopic (exact) mass is 361 g/mol. The van der Waals surface area contributed by atoms with Gasteiger partial charge in [-0.3, -0.25) is 0 Å². The topological polar surface area (TPSA) is 42.9 Å². The lowest BCUT2D eigenvalue weighted by molar-refractivity contribution is 0.415. The second kappa shape index (κ2) is 6.17. The van der Waals surface area contributed by atoms with Gasteiger partial charge in [-0.05, 0) is 42.8 Å². The minimum absolute atomic E-state index is 0.296. The van der Waals surface area contributed by atoms with Crippen LogP contribution in [0.25, 0.3) is 21.8 Å². The number of hydrogen-bond donors (Lipinski definition) is 0. The van der Waals surface area contributed by atoms with Gasteiger partial charge in [0.2, 0.25) is 0 Å². The van der Waals surface area contributed by atoms with Gasteiger partial charge in [0, 0.05) is 48.7 Å².